The van der Waals surface area contributed by atoms with Crippen molar-refractivity contribution in [2.45, 2.75) is 58.5 Å². The van der Waals surface area contributed by atoms with Gasteiger partial charge in [-0.1, -0.05) is 24.9 Å². The van der Waals surface area contributed by atoms with E-state index in [1.54, 1.807) is 6.92 Å². The van der Waals surface area contributed by atoms with E-state index in [-0.39, 0.29) is 5.91 Å². The summed E-state index contributed by atoms with van der Waals surface area (Å²) in [6.07, 6.45) is 5.22. The lowest BCUT2D eigenvalue weighted by molar-refractivity contribution is -0.129. The van der Waals surface area contributed by atoms with Crippen molar-refractivity contribution >= 4 is 17.5 Å². The number of aromatic nitrogens is 2. The fourth-order valence-corrected chi connectivity index (χ4v) is 2.88. The predicted octanol–water partition coefficient (Wildman–Crippen LogP) is 2.51. The highest BCUT2D eigenvalue weighted by molar-refractivity contribution is 6.30. The molecule has 1 amide bonds. The van der Waals surface area contributed by atoms with E-state index < -0.39 is 0 Å². The Bertz CT molecular complexity index is 466. The van der Waals surface area contributed by atoms with Gasteiger partial charge in [-0.25, -0.2) is 4.98 Å². The van der Waals surface area contributed by atoms with Crippen molar-refractivity contribution < 1.29 is 4.79 Å². The molecule has 1 aromatic rings. The van der Waals surface area contributed by atoms with Gasteiger partial charge < -0.3 is 15.2 Å². The second-order valence-corrected chi connectivity index (χ2v) is 6.08. The van der Waals surface area contributed by atoms with Crippen LogP contribution in [0.3, 0.4) is 0 Å². The highest BCUT2D eigenvalue weighted by Gasteiger charge is 2.20. The van der Waals surface area contributed by atoms with Gasteiger partial charge in [-0.2, -0.15) is 0 Å². The van der Waals surface area contributed by atoms with Crippen LogP contribution in [-0.2, 0) is 17.8 Å². The number of piperidine rings is 1. The number of H-pyrrole nitrogens is 1. The number of rotatable bonds is 6. The molecule has 1 aromatic heterocycles. The van der Waals surface area contributed by atoms with Gasteiger partial charge in [-0.3, -0.25) is 4.79 Å². The van der Waals surface area contributed by atoms with Crippen LogP contribution in [0.15, 0.2) is 0 Å². The highest BCUT2D eigenvalue weighted by atomic mass is 35.5. The van der Waals surface area contributed by atoms with Gasteiger partial charge in [0.2, 0.25) is 5.91 Å². The summed E-state index contributed by atoms with van der Waals surface area (Å²) in [6, 6.07) is 0.444. The number of likely N-dealkylation sites (tertiary alicyclic amines) is 1. The minimum absolute atomic E-state index is 0.172. The Morgan fingerprint density at radius 3 is 2.81 bits per heavy atom. The molecule has 118 valence electrons. The zero-order valence-corrected chi connectivity index (χ0v) is 13.7. The molecule has 0 saturated carbocycles. The van der Waals surface area contributed by atoms with Gasteiger partial charge >= 0.3 is 0 Å². The smallest absolute Gasteiger partial charge is 0.219 e. The van der Waals surface area contributed by atoms with Crippen LogP contribution < -0.4 is 5.32 Å². The third kappa shape index (κ3) is 4.71. The molecule has 2 N–H and O–H groups in total. The molecule has 1 fully saturated rings. The third-order valence-electron chi connectivity index (χ3n) is 4.05. The first-order chi connectivity index (χ1) is 10.1. The van der Waals surface area contributed by atoms with Crippen molar-refractivity contribution in [2.75, 3.05) is 13.1 Å². The van der Waals surface area contributed by atoms with Crippen LogP contribution in [0.2, 0.25) is 5.15 Å². The van der Waals surface area contributed by atoms with Crippen LogP contribution in [-0.4, -0.2) is 39.9 Å². The number of amides is 1. The van der Waals surface area contributed by atoms with E-state index in [9.17, 15) is 4.79 Å². The fourth-order valence-electron chi connectivity index (χ4n) is 2.66. The van der Waals surface area contributed by atoms with Crippen molar-refractivity contribution in [1.29, 1.82) is 0 Å². The molecule has 2 rings (SSSR count). The summed E-state index contributed by atoms with van der Waals surface area (Å²) >= 11 is 6.17. The van der Waals surface area contributed by atoms with Crippen LogP contribution in [0.4, 0.5) is 0 Å². The van der Waals surface area contributed by atoms with Crippen molar-refractivity contribution in [3.63, 3.8) is 0 Å². The average Bonchev–Trinajstić information content (AvgIpc) is 2.83. The Morgan fingerprint density at radius 1 is 1.48 bits per heavy atom. The molecule has 0 bridgehead atoms. The lowest BCUT2D eigenvalue weighted by atomic mass is 10.1. The van der Waals surface area contributed by atoms with Gasteiger partial charge in [-0.15, -0.1) is 0 Å². The monoisotopic (exact) mass is 312 g/mol. The Labute approximate surface area is 131 Å². The van der Waals surface area contributed by atoms with Crippen molar-refractivity contribution in [2.24, 2.45) is 0 Å². The molecule has 0 aromatic carbocycles. The van der Waals surface area contributed by atoms with Crippen LogP contribution in [0.1, 0.15) is 51.0 Å². The molecule has 5 nitrogen and oxygen atoms in total. The zero-order valence-electron chi connectivity index (χ0n) is 12.9. The summed E-state index contributed by atoms with van der Waals surface area (Å²) in [7, 11) is 0. The Hall–Kier alpha value is -1.07. The van der Waals surface area contributed by atoms with Crippen molar-refractivity contribution in [3.05, 3.63) is 16.7 Å². The first kappa shape index (κ1) is 16.3. The average molecular weight is 313 g/mol. The molecule has 0 spiro atoms. The number of carbonyl (C=O) groups excluding carboxylic acids is 1. The summed E-state index contributed by atoms with van der Waals surface area (Å²) < 4.78 is 0. The normalized spacial score (nSPS) is 16.4. The van der Waals surface area contributed by atoms with Gasteiger partial charge in [0.15, 0.2) is 5.15 Å². The van der Waals surface area contributed by atoms with Crippen LogP contribution in [0, 0.1) is 0 Å². The summed E-state index contributed by atoms with van der Waals surface area (Å²) in [5.74, 6) is 1.15. The molecular formula is C15H25ClN4O. The van der Waals surface area contributed by atoms with E-state index in [0.717, 1.165) is 56.7 Å². The number of unbranched alkanes of at least 4 members (excludes halogenated alkanes) is 1. The number of aromatic amines is 1. The van der Waals surface area contributed by atoms with E-state index in [0.29, 0.717) is 17.7 Å². The van der Waals surface area contributed by atoms with Crippen LogP contribution in [0.25, 0.3) is 0 Å². The summed E-state index contributed by atoms with van der Waals surface area (Å²) in [5.41, 5.74) is 0.969. The van der Waals surface area contributed by atoms with E-state index in [4.69, 9.17) is 11.6 Å². The molecule has 1 aliphatic heterocycles. The van der Waals surface area contributed by atoms with E-state index >= 15 is 0 Å². The van der Waals surface area contributed by atoms with Gasteiger partial charge in [0, 0.05) is 39.0 Å². The summed E-state index contributed by atoms with van der Waals surface area (Å²) in [6.45, 7) is 6.19. The van der Waals surface area contributed by atoms with Gasteiger partial charge in [0.1, 0.15) is 5.82 Å². The third-order valence-corrected chi connectivity index (χ3v) is 4.36. The molecule has 0 aliphatic carbocycles. The molecule has 1 aliphatic rings. The standard InChI is InChI=1S/C15H25ClN4O/c1-3-4-5-14-18-13(15(16)19-14)10-17-12-6-8-20(9-7-12)11(2)21/h12,17H,3-10H2,1-2H3,(H,18,19). The number of imidazole rings is 1. The summed E-state index contributed by atoms with van der Waals surface area (Å²) in [5, 5.41) is 4.09. The van der Waals surface area contributed by atoms with Gasteiger partial charge in [0.05, 0.1) is 5.69 Å². The van der Waals surface area contributed by atoms with E-state index in [1.165, 1.54) is 0 Å². The number of halogens is 1. The maximum atomic E-state index is 11.3. The van der Waals surface area contributed by atoms with E-state index in [2.05, 4.69) is 22.2 Å². The Morgan fingerprint density at radius 2 is 2.19 bits per heavy atom. The Balaban J connectivity index is 1.78. The molecule has 6 heteroatoms. The van der Waals surface area contributed by atoms with Crippen molar-refractivity contribution in [3.8, 4) is 0 Å². The maximum absolute atomic E-state index is 11.3. The van der Waals surface area contributed by atoms with Gasteiger partial charge in [-0.05, 0) is 19.3 Å². The lowest BCUT2D eigenvalue weighted by Gasteiger charge is -2.31. The predicted molar refractivity (Wildman–Crippen MR) is 84.3 cm³/mol. The van der Waals surface area contributed by atoms with Crippen LogP contribution >= 0.6 is 11.6 Å². The van der Waals surface area contributed by atoms with Crippen molar-refractivity contribution in [1.82, 2.24) is 20.2 Å². The van der Waals surface area contributed by atoms with Crippen LogP contribution in [0.5, 0.6) is 0 Å². The quantitative estimate of drug-likeness (QED) is 0.848. The zero-order chi connectivity index (χ0) is 15.2. The first-order valence-electron chi connectivity index (χ1n) is 7.82. The maximum Gasteiger partial charge on any atom is 0.219 e. The van der Waals surface area contributed by atoms with Gasteiger partial charge in [0.25, 0.3) is 0 Å². The molecule has 1 saturated heterocycles. The first-order valence-corrected chi connectivity index (χ1v) is 8.20. The minimum Gasteiger partial charge on any atom is -0.344 e. The number of hydrogen-bond donors (Lipinski definition) is 2. The number of nitrogens with zero attached hydrogens (tertiary/aromatic N) is 2. The number of aryl methyl sites for hydroxylation is 1. The minimum atomic E-state index is 0.172. The SMILES string of the molecule is CCCCc1nc(Cl)c(CNC2CCN(C(C)=O)CC2)[nH]1. The molecule has 21 heavy (non-hydrogen) atoms. The number of hydrogen-bond acceptors (Lipinski definition) is 3. The highest BCUT2D eigenvalue weighted by Crippen LogP contribution is 2.16. The van der Waals surface area contributed by atoms with E-state index in [1.807, 2.05) is 4.90 Å². The fraction of sp³-hybridized carbons (Fsp3) is 0.733. The molecular weight excluding hydrogens is 288 g/mol. The number of nitrogens with one attached hydrogen (secondary N) is 2. The molecule has 0 radical (unpaired) electrons. The molecule has 0 unspecified atom stereocenters. The second-order valence-electron chi connectivity index (χ2n) is 5.72. The second kappa shape index (κ2) is 7.80. The Kier molecular flexibility index (Phi) is 6.06. The topological polar surface area (TPSA) is 61.0 Å². The lowest BCUT2D eigenvalue weighted by Crippen LogP contribution is -2.44. The largest absolute Gasteiger partial charge is 0.344 e. The molecule has 2 heterocycles. The molecule has 0 atom stereocenters. The summed E-state index contributed by atoms with van der Waals surface area (Å²) in [4.78, 5) is 20.9. The number of carbonyl (C=O) groups is 1.